The molecule has 68 valence electrons. The number of amides is 2. The van der Waals surface area contributed by atoms with Crippen LogP contribution in [0.1, 0.15) is 34.1 Å². The fourth-order valence-electron chi connectivity index (χ4n) is 0.462. The molecule has 0 saturated heterocycles. The number of carbonyl (C=O) groups is 1. The Balaban J connectivity index is 0. The van der Waals surface area contributed by atoms with Crippen LogP contribution in [-0.4, -0.2) is 19.1 Å². The molecular weight excluding hydrogens is 140 g/mol. The van der Waals surface area contributed by atoms with Crippen LogP contribution in [0.25, 0.3) is 0 Å². The van der Waals surface area contributed by atoms with Crippen LogP contribution >= 0.6 is 0 Å². The first-order chi connectivity index (χ1) is 5.31. The van der Waals surface area contributed by atoms with Gasteiger partial charge in [-0.3, -0.25) is 0 Å². The van der Waals surface area contributed by atoms with Gasteiger partial charge < -0.3 is 10.6 Å². The molecule has 0 radical (unpaired) electrons. The maximum absolute atomic E-state index is 10.6. The zero-order valence-corrected chi connectivity index (χ0v) is 8.03. The Labute approximate surface area is 69.6 Å². The molecule has 0 aromatic rings. The number of rotatable bonds is 3. The van der Waals surface area contributed by atoms with E-state index < -0.39 is 0 Å². The Morgan fingerprint density at radius 3 is 2.09 bits per heavy atom. The second-order valence-corrected chi connectivity index (χ2v) is 1.79. The van der Waals surface area contributed by atoms with Crippen molar-refractivity contribution in [1.82, 2.24) is 10.6 Å². The summed E-state index contributed by atoms with van der Waals surface area (Å²) >= 11 is 0. The molecule has 11 heavy (non-hydrogen) atoms. The Kier molecular flexibility index (Phi) is 14.1. The van der Waals surface area contributed by atoms with Gasteiger partial charge >= 0.3 is 6.03 Å². The summed E-state index contributed by atoms with van der Waals surface area (Å²) in [5.41, 5.74) is 0. The average Bonchev–Trinajstić information content (AvgIpc) is 2.05. The monoisotopic (exact) mass is 160 g/mol. The number of urea groups is 1. The normalized spacial score (nSPS) is 7.64. The first-order valence-corrected chi connectivity index (χ1v) is 4.33. The molecular formula is C8H20N2O. The third-order valence-corrected chi connectivity index (χ3v) is 0.873. The van der Waals surface area contributed by atoms with Gasteiger partial charge in [-0.2, -0.15) is 0 Å². The topological polar surface area (TPSA) is 41.1 Å². The molecule has 2 amide bonds. The molecule has 0 spiro atoms. The van der Waals surface area contributed by atoms with Crippen LogP contribution in [0.2, 0.25) is 0 Å². The van der Waals surface area contributed by atoms with Crippen LogP contribution in [0, 0.1) is 0 Å². The van der Waals surface area contributed by atoms with E-state index >= 15 is 0 Å². The molecule has 0 rings (SSSR count). The van der Waals surface area contributed by atoms with Crippen molar-refractivity contribution in [3.05, 3.63) is 0 Å². The lowest BCUT2D eigenvalue weighted by atomic mass is 10.5. The fourth-order valence-corrected chi connectivity index (χ4v) is 0.462. The summed E-state index contributed by atoms with van der Waals surface area (Å²) in [6.45, 7) is 9.36. The van der Waals surface area contributed by atoms with Crippen LogP contribution in [0.3, 0.4) is 0 Å². The molecule has 0 aromatic carbocycles. The summed E-state index contributed by atoms with van der Waals surface area (Å²) in [5.74, 6) is 0. The SMILES string of the molecule is CC.CCCNC(=O)NCC. The van der Waals surface area contributed by atoms with Crippen molar-refractivity contribution < 1.29 is 4.79 Å². The maximum atomic E-state index is 10.6. The second kappa shape index (κ2) is 12.0. The van der Waals surface area contributed by atoms with Crippen molar-refractivity contribution in [3.63, 3.8) is 0 Å². The zero-order valence-electron chi connectivity index (χ0n) is 8.03. The van der Waals surface area contributed by atoms with Gasteiger partial charge in [0.15, 0.2) is 0 Å². The molecule has 3 heteroatoms. The Morgan fingerprint density at radius 2 is 1.73 bits per heavy atom. The average molecular weight is 160 g/mol. The van der Waals surface area contributed by atoms with E-state index in [0.717, 1.165) is 13.0 Å². The van der Waals surface area contributed by atoms with Gasteiger partial charge in [-0.1, -0.05) is 20.8 Å². The molecule has 3 nitrogen and oxygen atoms in total. The van der Waals surface area contributed by atoms with Gasteiger partial charge in [0.05, 0.1) is 0 Å². The van der Waals surface area contributed by atoms with Gasteiger partial charge in [0.2, 0.25) is 0 Å². The number of carbonyl (C=O) groups excluding carboxylic acids is 1. The van der Waals surface area contributed by atoms with Crippen molar-refractivity contribution in [1.29, 1.82) is 0 Å². The highest BCUT2D eigenvalue weighted by atomic mass is 16.2. The minimum atomic E-state index is -0.0700. The van der Waals surface area contributed by atoms with Crippen LogP contribution in [0.4, 0.5) is 4.79 Å². The first-order valence-electron chi connectivity index (χ1n) is 4.33. The van der Waals surface area contributed by atoms with Crippen LogP contribution < -0.4 is 10.6 Å². The highest BCUT2D eigenvalue weighted by Gasteiger charge is 1.91. The van der Waals surface area contributed by atoms with E-state index in [-0.39, 0.29) is 6.03 Å². The molecule has 0 aromatic heterocycles. The van der Waals surface area contributed by atoms with E-state index in [2.05, 4.69) is 10.6 Å². The minimum Gasteiger partial charge on any atom is -0.338 e. The van der Waals surface area contributed by atoms with E-state index in [1.165, 1.54) is 0 Å². The Bertz CT molecular complexity index is 84.2. The lowest BCUT2D eigenvalue weighted by Crippen LogP contribution is -2.35. The van der Waals surface area contributed by atoms with Gasteiger partial charge in [0, 0.05) is 13.1 Å². The van der Waals surface area contributed by atoms with Gasteiger partial charge in [0.1, 0.15) is 0 Å². The van der Waals surface area contributed by atoms with Gasteiger partial charge in [-0.05, 0) is 13.3 Å². The summed E-state index contributed by atoms with van der Waals surface area (Å²) < 4.78 is 0. The van der Waals surface area contributed by atoms with E-state index in [0.29, 0.717) is 6.54 Å². The highest BCUT2D eigenvalue weighted by Crippen LogP contribution is 1.69. The summed E-state index contributed by atoms with van der Waals surface area (Å²) in [4.78, 5) is 10.6. The third-order valence-electron chi connectivity index (χ3n) is 0.873. The van der Waals surface area contributed by atoms with E-state index in [1.807, 2.05) is 27.7 Å². The fraction of sp³-hybridized carbons (Fsp3) is 0.875. The van der Waals surface area contributed by atoms with Crippen molar-refractivity contribution >= 4 is 6.03 Å². The largest absolute Gasteiger partial charge is 0.338 e. The molecule has 0 bridgehead atoms. The van der Waals surface area contributed by atoms with Crippen LogP contribution in [0.5, 0.6) is 0 Å². The number of hydrogen-bond donors (Lipinski definition) is 2. The third kappa shape index (κ3) is 12.5. The maximum Gasteiger partial charge on any atom is 0.314 e. The summed E-state index contributed by atoms with van der Waals surface area (Å²) in [5, 5.41) is 5.31. The van der Waals surface area contributed by atoms with Crippen molar-refractivity contribution in [2.75, 3.05) is 13.1 Å². The molecule has 0 aliphatic heterocycles. The number of hydrogen-bond acceptors (Lipinski definition) is 1. The molecule has 0 aliphatic carbocycles. The lowest BCUT2D eigenvalue weighted by molar-refractivity contribution is 0.241. The van der Waals surface area contributed by atoms with Crippen molar-refractivity contribution in [2.45, 2.75) is 34.1 Å². The summed E-state index contributed by atoms with van der Waals surface area (Å²) in [6.07, 6.45) is 0.983. The number of nitrogens with one attached hydrogen (secondary N) is 2. The van der Waals surface area contributed by atoms with Gasteiger partial charge in [0.25, 0.3) is 0 Å². The molecule has 0 unspecified atom stereocenters. The summed E-state index contributed by atoms with van der Waals surface area (Å²) in [7, 11) is 0. The minimum absolute atomic E-state index is 0.0700. The highest BCUT2D eigenvalue weighted by molar-refractivity contribution is 5.73. The molecule has 0 fully saturated rings. The van der Waals surface area contributed by atoms with Crippen molar-refractivity contribution in [2.24, 2.45) is 0 Å². The molecule has 0 atom stereocenters. The van der Waals surface area contributed by atoms with Crippen LogP contribution in [0.15, 0.2) is 0 Å². The van der Waals surface area contributed by atoms with E-state index in [9.17, 15) is 4.79 Å². The predicted octanol–water partition coefficient (Wildman–Crippen LogP) is 1.74. The standard InChI is InChI=1S/C6H14N2O.C2H6/c1-3-5-8-6(9)7-4-2;1-2/h3-5H2,1-2H3,(H2,7,8,9);1-2H3. The second-order valence-electron chi connectivity index (χ2n) is 1.79. The first kappa shape index (κ1) is 12.9. The molecule has 0 heterocycles. The quantitative estimate of drug-likeness (QED) is 0.648. The van der Waals surface area contributed by atoms with E-state index in [1.54, 1.807) is 0 Å². The lowest BCUT2D eigenvalue weighted by Gasteiger charge is -2.01. The molecule has 0 aliphatic rings. The Hall–Kier alpha value is -0.730. The molecule has 0 saturated carbocycles. The smallest absolute Gasteiger partial charge is 0.314 e. The van der Waals surface area contributed by atoms with Gasteiger partial charge in [-0.15, -0.1) is 0 Å². The Morgan fingerprint density at radius 1 is 1.18 bits per heavy atom. The molecule has 2 N–H and O–H groups in total. The van der Waals surface area contributed by atoms with Crippen LogP contribution in [-0.2, 0) is 0 Å². The predicted molar refractivity (Wildman–Crippen MR) is 48.7 cm³/mol. The van der Waals surface area contributed by atoms with Gasteiger partial charge in [-0.25, -0.2) is 4.79 Å². The zero-order chi connectivity index (χ0) is 9.11. The summed E-state index contributed by atoms with van der Waals surface area (Å²) in [6, 6.07) is -0.0700. The van der Waals surface area contributed by atoms with E-state index in [4.69, 9.17) is 0 Å². The van der Waals surface area contributed by atoms with Crippen molar-refractivity contribution in [3.8, 4) is 0 Å².